The van der Waals surface area contributed by atoms with Crippen LogP contribution in [0.1, 0.15) is 0 Å². The first-order valence-corrected chi connectivity index (χ1v) is 5.76. The lowest BCUT2D eigenvalue weighted by atomic mass is 10.4. The molecule has 1 heterocycles. The van der Waals surface area contributed by atoms with Gasteiger partial charge in [-0.05, 0) is 13.1 Å². The summed E-state index contributed by atoms with van der Waals surface area (Å²) in [5.41, 5.74) is 0.0692. The topological polar surface area (TPSA) is 25.2 Å². The van der Waals surface area contributed by atoms with Gasteiger partial charge in [-0.1, -0.05) is 22.0 Å². The quantitative estimate of drug-likeness (QED) is 0.742. The highest BCUT2D eigenvalue weighted by atomic mass is 79.9. The van der Waals surface area contributed by atoms with Crippen LogP contribution in [0, 0.1) is 0 Å². The van der Waals surface area contributed by atoms with Gasteiger partial charge in [0.25, 0.3) is 5.56 Å². The average Bonchev–Trinajstić information content (AvgIpc) is 2.17. The third kappa shape index (κ3) is 3.64. The van der Waals surface area contributed by atoms with Gasteiger partial charge < -0.3 is 9.47 Å². The van der Waals surface area contributed by atoms with Crippen LogP contribution in [0.3, 0.4) is 0 Å². The van der Waals surface area contributed by atoms with Gasteiger partial charge in [0.05, 0.1) is 0 Å². The van der Waals surface area contributed by atoms with E-state index in [1.807, 2.05) is 12.3 Å². The summed E-state index contributed by atoms with van der Waals surface area (Å²) in [6.07, 6.45) is 1.82. The van der Waals surface area contributed by atoms with Gasteiger partial charge in [0.2, 0.25) is 0 Å². The molecule has 0 spiro atoms. The molecule has 0 aliphatic heterocycles. The zero-order valence-electron chi connectivity index (χ0n) is 8.32. The number of alkyl halides is 1. The van der Waals surface area contributed by atoms with E-state index in [-0.39, 0.29) is 5.56 Å². The van der Waals surface area contributed by atoms with Gasteiger partial charge in [-0.3, -0.25) is 4.79 Å². The fourth-order valence-electron chi connectivity index (χ4n) is 1.18. The Balaban J connectivity index is 2.46. The summed E-state index contributed by atoms with van der Waals surface area (Å²) in [6.45, 7) is 2.65. The molecule has 0 atom stereocenters. The zero-order chi connectivity index (χ0) is 10.4. The van der Waals surface area contributed by atoms with E-state index in [2.05, 4.69) is 27.9 Å². The highest BCUT2D eigenvalue weighted by Gasteiger charge is 1.98. The first-order valence-electron chi connectivity index (χ1n) is 4.64. The lowest BCUT2D eigenvalue weighted by Crippen LogP contribution is -2.28. The molecule has 1 rings (SSSR count). The van der Waals surface area contributed by atoms with E-state index >= 15 is 0 Å². The molecular weight excluding hydrogens is 244 g/mol. The number of hydrogen-bond donors (Lipinski definition) is 0. The summed E-state index contributed by atoms with van der Waals surface area (Å²) in [6, 6.07) is 5.23. The number of halogens is 1. The molecule has 1 aromatic rings. The van der Waals surface area contributed by atoms with Crippen LogP contribution in [0.4, 0.5) is 0 Å². The Morgan fingerprint density at radius 1 is 1.43 bits per heavy atom. The summed E-state index contributed by atoms with van der Waals surface area (Å²) in [5, 5.41) is 0.965. The molecular formula is C10H15BrN2O. The molecule has 0 saturated carbocycles. The van der Waals surface area contributed by atoms with E-state index in [0.717, 1.165) is 25.0 Å². The fourth-order valence-corrected chi connectivity index (χ4v) is 1.79. The normalized spacial score (nSPS) is 10.8. The van der Waals surface area contributed by atoms with E-state index in [4.69, 9.17) is 0 Å². The number of rotatable bonds is 5. The molecule has 0 aliphatic rings. The van der Waals surface area contributed by atoms with E-state index in [1.165, 1.54) is 0 Å². The molecule has 0 N–H and O–H groups in total. The Kier molecular flexibility index (Phi) is 4.90. The second-order valence-corrected chi connectivity index (χ2v) is 4.02. The van der Waals surface area contributed by atoms with Crippen molar-refractivity contribution in [2.75, 3.05) is 25.5 Å². The Morgan fingerprint density at radius 2 is 2.21 bits per heavy atom. The van der Waals surface area contributed by atoms with E-state index < -0.39 is 0 Å². The Labute approximate surface area is 92.5 Å². The summed E-state index contributed by atoms with van der Waals surface area (Å²) in [7, 11) is 2.05. The van der Waals surface area contributed by atoms with Crippen LogP contribution in [0.2, 0.25) is 0 Å². The minimum atomic E-state index is 0.0692. The summed E-state index contributed by atoms with van der Waals surface area (Å²) < 4.78 is 1.73. The largest absolute Gasteiger partial charge is 0.314 e. The highest BCUT2D eigenvalue weighted by Crippen LogP contribution is 1.89. The second kappa shape index (κ2) is 5.98. The molecule has 3 nitrogen and oxygen atoms in total. The smallest absolute Gasteiger partial charge is 0.250 e. The van der Waals surface area contributed by atoms with Gasteiger partial charge in [0, 0.05) is 37.2 Å². The lowest BCUT2D eigenvalue weighted by Gasteiger charge is -2.15. The maximum Gasteiger partial charge on any atom is 0.250 e. The van der Waals surface area contributed by atoms with Crippen LogP contribution < -0.4 is 5.56 Å². The predicted octanol–water partition coefficient (Wildman–Crippen LogP) is 1.18. The fraction of sp³-hybridized carbons (Fsp3) is 0.500. The van der Waals surface area contributed by atoms with Crippen molar-refractivity contribution >= 4 is 15.9 Å². The van der Waals surface area contributed by atoms with E-state index in [1.54, 1.807) is 16.7 Å². The van der Waals surface area contributed by atoms with Gasteiger partial charge in [0.15, 0.2) is 0 Å². The van der Waals surface area contributed by atoms with Crippen LogP contribution >= 0.6 is 15.9 Å². The minimum absolute atomic E-state index is 0.0692. The minimum Gasteiger partial charge on any atom is -0.314 e. The summed E-state index contributed by atoms with van der Waals surface area (Å²) >= 11 is 3.38. The van der Waals surface area contributed by atoms with Crippen LogP contribution in [0.5, 0.6) is 0 Å². The van der Waals surface area contributed by atoms with Crippen LogP contribution in [-0.4, -0.2) is 34.9 Å². The van der Waals surface area contributed by atoms with Crippen molar-refractivity contribution in [3.05, 3.63) is 34.7 Å². The lowest BCUT2D eigenvalue weighted by molar-refractivity contribution is 0.336. The highest BCUT2D eigenvalue weighted by molar-refractivity contribution is 9.09. The predicted molar refractivity (Wildman–Crippen MR) is 62.0 cm³/mol. The van der Waals surface area contributed by atoms with Gasteiger partial charge in [-0.25, -0.2) is 0 Å². The number of nitrogens with zero attached hydrogens (tertiary/aromatic N) is 2. The molecule has 0 radical (unpaired) electrons. The molecule has 0 aromatic carbocycles. The Hall–Kier alpha value is -0.610. The van der Waals surface area contributed by atoms with Gasteiger partial charge in [-0.15, -0.1) is 0 Å². The molecule has 0 saturated heterocycles. The van der Waals surface area contributed by atoms with Crippen molar-refractivity contribution in [3.63, 3.8) is 0 Å². The second-order valence-electron chi connectivity index (χ2n) is 3.22. The molecule has 0 aliphatic carbocycles. The van der Waals surface area contributed by atoms with Crippen molar-refractivity contribution in [1.82, 2.24) is 9.47 Å². The first kappa shape index (κ1) is 11.5. The van der Waals surface area contributed by atoms with Gasteiger partial charge in [-0.2, -0.15) is 0 Å². The van der Waals surface area contributed by atoms with Gasteiger partial charge >= 0.3 is 0 Å². The number of likely N-dealkylation sites (N-methyl/N-ethyl adjacent to an activating group) is 1. The van der Waals surface area contributed by atoms with Gasteiger partial charge in [0.1, 0.15) is 0 Å². The zero-order valence-corrected chi connectivity index (χ0v) is 9.90. The summed E-state index contributed by atoms with van der Waals surface area (Å²) in [4.78, 5) is 13.5. The van der Waals surface area contributed by atoms with Crippen molar-refractivity contribution in [1.29, 1.82) is 0 Å². The first-order chi connectivity index (χ1) is 6.74. The number of hydrogen-bond acceptors (Lipinski definition) is 2. The van der Waals surface area contributed by atoms with Crippen molar-refractivity contribution in [3.8, 4) is 0 Å². The van der Waals surface area contributed by atoms with Crippen LogP contribution in [0.25, 0.3) is 0 Å². The van der Waals surface area contributed by atoms with Crippen molar-refractivity contribution < 1.29 is 0 Å². The van der Waals surface area contributed by atoms with Crippen molar-refractivity contribution in [2.24, 2.45) is 0 Å². The number of aromatic nitrogens is 1. The molecule has 0 unspecified atom stereocenters. The van der Waals surface area contributed by atoms with Crippen LogP contribution in [-0.2, 0) is 6.54 Å². The molecule has 78 valence electrons. The molecule has 14 heavy (non-hydrogen) atoms. The maximum absolute atomic E-state index is 11.3. The van der Waals surface area contributed by atoms with Crippen LogP contribution in [0.15, 0.2) is 29.2 Å². The maximum atomic E-state index is 11.3. The monoisotopic (exact) mass is 258 g/mol. The standard InChI is InChI=1S/C10H15BrN2O/c1-12(7-5-11)8-9-13-6-3-2-4-10(13)14/h2-4,6H,5,7-9H2,1H3. The average molecular weight is 259 g/mol. The Bertz CT molecular complexity index is 324. The molecule has 1 aromatic heterocycles. The molecule has 0 amide bonds. The third-order valence-electron chi connectivity index (χ3n) is 2.09. The third-order valence-corrected chi connectivity index (χ3v) is 2.44. The van der Waals surface area contributed by atoms with Crippen molar-refractivity contribution in [2.45, 2.75) is 6.54 Å². The Morgan fingerprint density at radius 3 is 2.86 bits per heavy atom. The van der Waals surface area contributed by atoms with E-state index in [0.29, 0.717) is 0 Å². The van der Waals surface area contributed by atoms with E-state index in [9.17, 15) is 4.79 Å². The molecule has 0 bridgehead atoms. The number of pyridine rings is 1. The molecule has 4 heteroatoms. The SMILES string of the molecule is CN(CCBr)CCn1ccccc1=O. The molecule has 0 fully saturated rings. The summed E-state index contributed by atoms with van der Waals surface area (Å²) in [5.74, 6) is 0.